The summed E-state index contributed by atoms with van der Waals surface area (Å²) >= 11 is 0. The number of hydrogen-bond acceptors (Lipinski definition) is 2. The molecule has 1 heterocycles. The number of piperidine rings is 1. The van der Waals surface area contributed by atoms with E-state index in [4.69, 9.17) is 5.73 Å². The van der Waals surface area contributed by atoms with Gasteiger partial charge in [0.2, 0.25) is 0 Å². The summed E-state index contributed by atoms with van der Waals surface area (Å²) < 4.78 is 0. The van der Waals surface area contributed by atoms with Crippen LogP contribution in [-0.4, -0.2) is 18.0 Å². The molecule has 2 N–H and O–H groups in total. The van der Waals surface area contributed by atoms with Crippen LogP contribution in [0, 0.1) is 0 Å². The summed E-state index contributed by atoms with van der Waals surface area (Å²) in [6.45, 7) is 4.27. The molecule has 1 aromatic rings. The Morgan fingerprint density at radius 3 is 2.13 bits per heavy atom. The van der Waals surface area contributed by atoms with Gasteiger partial charge in [0, 0.05) is 13.1 Å². The van der Waals surface area contributed by atoms with Crippen molar-refractivity contribution in [2.24, 2.45) is 5.73 Å². The summed E-state index contributed by atoms with van der Waals surface area (Å²) in [5.41, 5.74) is 8.20. The van der Waals surface area contributed by atoms with Crippen LogP contribution >= 0.6 is 0 Å². The minimum absolute atomic E-state index is 0.643. The lowest BCUT2D eigenvalue weighted by Crippen LogP contribution is -2.29. The van der Waals surface area contributed by atoms with E-state index in [9.17, 15) is 0 Å². The zero-order valence-corrected chi connectivity index (χ0v) is 9.28. The average Bonchev–Trinajstić information content (AvgIpc) is 2.31. The number of benzene rings is 1. The summed E-state index contributed by atoms with van der Waals surface area (Å²) in [6.07, 6.45) is 4.13. The van der Waals surface area contributed by atoms with Gasteiger partial charge in [-0.2, -0.15) is 0 Å². The zero-order valence-electron chi connectivity index (χ0n) is 9.28. The second kappa shape index (κ2) is 5.29. The Hall–Kier alpha value is -0.860. The van der Waals surface area contributed by atoms with Crippen LogP contribution < -0.4 is 5.73 Å². The smallest absolute Gasteiger partial charge is 0.0233 e. The summed E-state index contributed by atoms with van der Waals surface area (Å²) in [7, 11) is 0. The first-order valence-electron chi connectivity index (χ1n) is 5.89. The van der Waals surface area contributed by atoms with Gasteiger partial charge in [0.15, 0.2) is 0 Å². The number of rotatable bonds is 3. The molecular formula is C13H20N2. The van der Waals surface area contributed by atoms with Crippen LogP contribution in [0.2, 0.25) is 0 Å². The molecule has 2 heteroatoms. The van der Waals surface area contributed by atoms with E-state index in [1.165, 1.54) is 43.5 Å². The van der Waals surface area contributed by atoms with Crippen molar-refractivity contribution in [3.8, 4) is 0 Å². The molecule has 2 rings (SSSR count). The number of nitrogens with two attached hydrogens (primary N) is 1. The van der Waals surface area contributed by atoms with E-state index in [0.29, 0.717) is 6.54 Å². The second-order valence-corrected chi connectivity index (χ2v) is 4.36. The molecule has 15 heavy (non-hydrogen) atoms. The first kappa shape index (κ1) is 10.7. The van der Waals surface area contributed by atoms with Crippen molar-refractivity contribution in [1.82, 2.24) is 4.90 Å². The molecule has 0 radical (unpaired) electrons. The van der Waals surface area contributed by atoms with Crippen molar-refractivity contribution in [2.75, 3.05) is 13.1 Å². The largest absolute Gasteiger partial charge is 0.326 e. The fourth-order valence-corrected chi connectivity index (χ4v) is 2.16. The number of nitrogens with zero attached hydrogens (tertiary/aromatic N) is 1. The topological polar surface area (TPSA) is 29.3 Å². The van der Waals surface area contributed by atoms with Crippen molar-refractivity contribution in [1.29, 1.82) is 0 Å². The van der Waals surface area contributed by atoms with Crippen LogP contribution in [0.15, 0.2) is 24.3 Å². The number of likely N-dealkylation sites (tertiary alicyclic amines) is 1. The summed E-state index contributed by atoms with van der Waals surface area (Å²) in [5, 5.41) is 0. The lowest BCUT2D eigenvalue weighted by molar-refractivity contribution is 0.221. The average molecular weight is 204 g/mol. The lowest BCUT2D eigenvalue weighted by atomic mass is 10.1. The van der Waals surface area contributed by atoms with Crippen LogP contribution in [0.1, 0.15) is 30.4 Å². The molecule has 0 aliphatic carbocycles. The van der Waals surface area contributed by atoms with Crippen LogP contribution in [0.5, 0.6) is 0 Å². The minimum atomic E-state index is 0.643. The van der Waals surface area contributed by atoms with E-state index in [-0.39, 0.29) is 0 Å². The molecule has 1 aliphatic rings. The minimum Gasteiger partial charge on any atom is -0.326 e. The highest BCUT2D eigenvalue weighted by Crippen LogP contribution is 2.13. The van der Waals surface area contributed by atoms with Crippen LogP contribution in [-0.2, 0) is 13.1 Å². The molecule has 1 aromatic carbocycles. The van der Waals surface area contributed by atoms with Gasteiger partial charge in [0.05, 0.1) is 0 Å². The monoisotopic (exact) mass is 204 g/mol. The van der Waals surface area contributed by atoms with E-state index in [1.54, 1.807) is 0 Å². The Balaban J connectivity index is 1.91. The number of hydrogen-bond donors (Lipinski definition) is 1. The van der Waals surface area contributed by atoms with Gasteiger partial charge < -0.3 is 5.73 Å². The Bertz CT molecular complexity index is 286. The third-order valence-electron chi connectivity index (χ3n) is 3.11. The van der Waals surface area contributed by atoms with Crippen LogP contribution in [0.25, 0.3) is 0 Å². The van der Waals surface area contributed by atoms with E-state index in [1.807, 2.05) is 0 Å². The maximum Gasteiger partial charge on any atom is 0.0233 e. The van der Waals surface area contributed by atoms with E-state index in [0.717, 1.165) is 6.54 Å². The van der Waals surface area contributed by atoms with Crippen LogP contribution in [0.4, 0.5) is 0 Å². The maximum absolute atomic E-state index is 5.57. The van der Waals surface area contributed by atoms with Crippen molar-refractivity contribution in [3.63, 3.8) is 0 Å². The summed E-state index contributed by atoms with van der Waals surface area (Å²) in [6, 6.07) is 8.69. The summed E-state index contributed by atoms with van der Waals surface area (Å²) in [4.78, 5) is 2.54. The molecule has 0 bridgehead atoms. The molecule has 0 aromatic heterocycles. The predicted molar refractivity (Wildman–Crippen MR) is 63.5 cm³/mol. The molecule has 0 spiro atoms. The van der Waals surface area contributed by atoms with E-state index >= 15 is 0 Å². The molecule has 2 nitrogen and oxygen atoms in total. The van der Waals surface area contributed by atoms with Gasteiger partial charge in [-0.1, -0.05) is 30.7 Å². The molecule has 0 atom stereocenters. The molecule has 1 aliphatic heterocycles. The first-order valence-corrected chi connectivity index (χ1v) is 5.89. The van der Waals surface area contributed by atoms with Gasteiger partial charge in [-0.25, -0.2) is 0 Å². The molecular weight excluding hydrogens is 184 g/mol. The molecule has 0 amide bonds. The van der Waals surface area contributed by atoms with Crippen molar-refractivity contribution < 1.29 is 0 Å². The zero-order chi connectivity index (χ0) is 10.5. The van der Waals surface area contributed by atoms with Gasteiger partial charge in [-0.3, -0.25) is 4.90 Å². The maximum atomic E-state index is 5.57. The quantitative estimate of drug-likeness (QED) is 0.817. The Morgan fingerprint density at radius 2 is 1.53 bits per heavy atom. The highest BCUT2D eigenvalue weighted by Gasteiger charge is 2.09. The fraction of sp³-hybridized carbons (Fsp3) is 0.538. The normalized spacial score (nSPS) is 17.9. The van der Waals surface area contributed by atoms with Crippen LogP contribution in [0.3, 0.4) is 0 Å². The molecule has 1 saturated heterocycles. The summed E-state index contributed by atoms with van der Waals surface area (Å²) in [5.74, 6) is 0. The lowest BCUT2D eigenvalue weighted by Gasteiger charge is -2.26. The second-order valence-electron chi connectivity index (χ2n) is 4.36. The molecule has 0 saturated carbocycles. The van der Waals surface area contributed by atoms with E-state index in [2.05, 4.69) is 29.2 Å². The van der Waals surface area contributed by atoms with Gasteiger partial charge >= 0.3 is 0 Å². The van der Waals surface area contributed by atoms with Crippen molar-refractivity contribution >= 4 is 0 Å². The van der Waals surface area contributed by atoms with Gasteiger partial charge in [-0.05, 0) is 37.1 Å². The standard InChI is InChI=1S/C13H20N2/c14-10-12-4-6-13(7-5-12)11-15-8-2-1-3-9-15/h4-7H,1-3,8-11,14H2. The highest BCUT2D eigenvalue weighted by atomic mass is 15.1. The molecule has 82 valence electrons. The van der Waals surface area contributed by atoms with E-state index < -0.39 is 0 Å². The Kier molecular flexibility index (Phi) is 3.75. The molecule has 1 fully saturated rings. The van der Waals surface area contributed by atoms with Gasteiger partial charge in [0.1, 0.15) is 0 Å². The van der Waals surface area contributed by atoms with Gasteiger partial charge in [-0.15, -0.1) is 0 Å². The SMILES string of the molecule is NCc1ccc(CN2CCCCC2)cc1. The highest BCUT2D eigenvalue weighted by molar-refractivity contribution is 5.22. The predicted octanol–water partition coefficient (Wildman–Crippen LogP) is 2.13. The first-order chi connectivity index (χ1) is 7.38. The van der Waals surface area contributed by atoms with Gasteiger partial charge in [0.25, 0.3) is 0 Å². The van der Waals surface area contributed by atoms with Crippen molar-refractivity contribution in [2.45, 2.75) is 32.4 Å². The molecule has 0 unspecified atom stereocenters. The Morgan fingerprint density at radius 1 is 0.933 bits per heavy atom. The third-order valence-corrected chi connectivity index (χ3v) is 3.11. The van der Waals surface area contributed by atoms with Crippen molar-refractivity contribution in [3.05, 3.63) is 35.4 Å². The Labute approximate surface area is 92.1 Å². The fourth-order valence-electron chi connectivity index (χ4n) is 2.16. The third kappa shape index (κ3) is 3.05.